The summed E-state index contributed by atoms with van der Waals surface area (Å²) >= 11 is 0. The molecule has 0 aromatic carbocycles. The third-order valence-corrected chi connectivity index (χ3v) is 4.27. The normalized spacial score (nSPS) is 11.9. The van der Waals surface area contributed by atoms with Crippen LogP contribution >= 0.6 is 0 Å². The van der Waals surface area contributed by atoms with Crippen LogP contribution in [0.4, 0.5) is 10.6 Å². The van der Waals surface area contributed by atoms with Gasteiger partial charge in [0.2, 0.25) is 0 Å². The van der Waals surface area contributed by atoms with Gasteiger partial charge in [-0.2, -0.15) is 12.7 Å². The summed E-state index contributed by atoms with van der Waals surface area (Å²) in [6, 6.07) is 3.60. The average molecular weight is 300 g/mol. The molecule has 1 rings (SSSR count). The molecule has 0 saturated carbocycles. The maximum Gasteiger partial charge on any atom is 0.335 e. The summed E-state index contributed by atoms with van der Waals surface area (Å²) < 4.78 is 27.5. The van der Waals surface area contributed by atoms with Crippen molar-refractivity contribution in [2.75, 3.05) is 5.32 Å². The Balaban J connectivity index is 2.78. The smallest absolute Gasteiger partial charge is 0.291 e. The van der Waals surface area contributed by atoms with Crippen molar-refractivity contribution in [3.05, 3.63) is 24.4 Å². The summed E-state index contributed by atoms with van der Waals surface area (Å²) in [6.07, 6.45) is 1.50. The fourth-order valence-corrected chi connectivity index (χ4v) is 3.40. The van der Waals surface area contributed by atoms with Crippen molar-refractivity contribution in [1.82, 2.24) is 14.0 Å². The minimum Gasteiger partial charge on any atom is -0.291 e. The number of amides is 2. The molecule has 0 fully saturated rings. The Morgan fingerprint density at radius 2 is 1.80 bits per heavy atom. The molecule has 0 unspecified atom stereocenters. The molecule has 1 heterocycles. The van der Waals surface area contributed by atoms with Crippen LogP contribution in [0.5, 0.6) is 0 Å². The largest absolute Gasteiger partial charge is 0.335 e. The van der Waals surface area contributed by atoms with E-state index in [1.54, 1.807) is 45.9 Å². The first kappa shape index (κ1) is 16.4. The predicted molar refractivity (Wildman–Crippen MR) is 77.4 cm³/mol. The molecule has 7 nitrogen and oxygen atoms in total. The second-order valence-electron chi connectivity index (χ2n) is 4.79. The quantitative estimate of drug-likeness (QED) is 0.863. The van der Waals surface area contributed by atoms with Gasteiger partial charge in [-0.25, -0.2) is 14.5 Å². The number of pyridine rings is 1. The summed E-state index contributed by atoms with van der Waals surface area (Å²) in [5.74, 6) is 0.279. The number of carbonyl (C=O) groups excluding carboxylic acids is 1. The average Bonchev–Trinajstić information content (AvgIpc) is 2.26. The molecule has 0 aliphatic heterocycles. The highest BCUT2D eigenvalue weighted by Gasteiger charge is 2.29. The Bertz CT molecular complexity index is 535. The Labute approximate surface area is 119 Å². The van der Waals surface area contributed by atoms with E-state index in [4.69, 9.17) is 0 Å². The van der Waals surface area contributed by atoms with E-state index in [-0.39, 0.29) is 17.9 Å². The molecule has 2 amide bonds. The van der Waals surface area contributed by atoms with Gasteiger partial charge in [-0.1, -0.05) is 6.07 Å². The third-order valence-electron chi connectivity index (χ3n) is 2.42. The van der Waals surface area contributed by atoms with Crippen LogP contribution in [0.15, 0.2) is 24.4 Å². The van der Waals surface area contributed by atoms with E-state index < -0.39 is 16.2 Å². The fourth-order valence-electron chi connectivity index (χ4n) is 1.90. The Kier molecular flexibility index (Phi) is 5.46. The van der Waals surface area contributed by atoms with Crippen LogP contribution in [0, 0.1) is 0 Å². The van der Waals surface area contributed by atoms with Crippen molar-refractivity contribution in [1.29, 1.82) is 0 Å². The van der Waals surface area contributed by atoms with Crippen LogP contribution in [-0.4, -0.2) is 35.8 Å². The summed E-state index contributed by atoms with van der Waals surface area (Å²) in [7, 11) is -3.90. The van der Waals surface area contributed by atoms with Gasteiger partial charge in [0.15, 0.2) is 0 Å². The summed E-state index contributed by atoms with van der Waals surface area (Å²) in [5.41, 5.74) is 0. The number of anilines is 1. The molecule has 1 aromatic heterocycles. The van der Waals surface area contributed by atoms with Crippen LogP contribution in [0.3, 0.4) is 0 Å². The first-order valence-corrected chi connectivity index (χ1v) is 7.71. The molecular weight excluding hydrogens is 280 g/mol. The second kappa shape index (κ2) is 6.67. The van der Waals surface area contributed by atoms with Crippen LogP contribution in [0.2, 0.25) is 0 Å². The molecule has 0 aliphatic rings. The highest BCUT2D eigenvalue weighted by molar-refractivity contribution is 7.87. The van der Waals surface area contributed by atoms with Crippen molar-refractivity contribution >= 4 is 22.1 Å². The van der Waals surface area contributed by atoms with Crippen LogP contribution < -0.4 is 10.0 Å². The predicted octanol–water partition coefficient (Wildman–Crippen LogP) is 1.57. The number of nitrogens with one attached hydrogen (secondary N) is 2. The molecule has 0 bridgehead atoms. The van der Waals surface area contributed by atoms with Gasteiger partial charge in [-0.05, 0) is 39.8 Å². The Morgan fingerprint density at radius 3 is 2.25 bits per heavy atom. The van der Waals surface area contributed by atoms with E-state index in [2.05, 4.69) is 10.3 Å². The fraction of sp³-hybridized carbons (Fsp3) is 0.500. The molecule has 112 valence electrons. The molecule has 0 radical (unpaired) electrons. The zero-order valence-electron chi connectivity index (χ0n) is 12.0. The lowest BCUT2D eigenvalue weighted by Crippen LogP contribution is -2.50. The molecule has 20 heavy (non-hydrogen) atoms. The lowest BCUT2D eigenvalue weighted by molar-refractivity contribution is 0.253. The van der Waals surface area contributed by atoms with Gasteiger partial charge in [0.05, 0.1) is 0 Å². The van der Waals surface area contributed by atoms with Crippen molar-refractivity contribution in [2.24, 2.45) is 0 Å². The highest BCUT2D eigenvalue weighted by Crippen LogP contribution is 2.10. The molecular formula is C12H20N4O3S. The topological polar surface area (TPSA) is 91.4 Å². The van der Waals surface area contributed by atoms with Gasteiger partial charge < -0.3 is 0 Å². The van der Waals surface area contributed by atoms with Crippen molar-refractivity contribution in [3.63, 3.8) is 0 Å². The first-order valence-electron chi connectivity index (χ1n) is 6.27. The van der Waals surface area contributed by atoms with E-state index >= 15 is 0 Å². The van der Waals surface area contributed by atoms with E-state index in [1.165, 1.54) is 10.5 Å². The zero-order valence-corrected chi connectivity index (χ0v) is 12.8. The Hall–Kier alpha value is -1.67. The molecule has 8 heteroatoms. The number of carbonyl (C=O) groups is 1. The number of aromatic nitrogens is 1. The van der Waals surface area contributed by atoms with Crippen molar-refractivity contribution in [3.8, 4) is 0 Å². The Morgan fingerprint density at radius 1 is 1.20 bits per heavy atom. The van der Waals surface area contributed by atoms with Gasteiger partial charge in [-0.15, -0.1) is 0 Å². The lowest BCUT2D eigenvalue weighted by Gasteiger charge is -2.29. The number of hydrogen-bond acceptors (Lipinski definition) is 4. The van der Waals surface area contributed by atoms with Crippen molar-refractivity contribution in [2.45, 2.75) is 39.8 Å². The standard InChI is InChI=1S/C12H20N4O3S/c1-9(2)16(10(3)4)20(18,19)15-12(17)14-11-7-5-6-8-13-11/h5-10H,1-4H3,(H2,13,14,15,17). The van der Waals surface area contributed by atoms with Gasteiger partial charge in [0, 0.05) is 18.3 Å². The molecule has 0 atom stereocenters. The van der Waals surface area contributed by atoms with E-state index in [1.807, 2.05) is 4.72 Å². The summed E-state index contributed by atoms with van der Waals surface area (Å²) in [4.78, 5) is 15.6. The van der Waals surface area contributed by atoms with Crippen LogP contribution in [0.25, 0.3) is 0 Å². The maximum atomic E-state index is 12.1. The SMILES string of the molecule is CC(C)N(C(C)C)S(=O)(=O)NC(=O)Nc1ccccn1. The number of nitrogens with zero attached hydrogens (tertiary/aromatic N) is 2. The minimum absolute atomic E-state index is 0.254. The van der Waals surface area contributed by atoms with E-state index in [9.17, 15) is 13.2 Å². The zero-order chi connectivity index (χ0) is 15.3. The van der Waals surface area contributed by atoms with Crippen molar-refractivity contribution < 1.29 is 13.2 Å². The minimum atomic E-state index is -3.90. The molecule has 1 aromatic rings. The molecule has 0 saturated heterocycles. The van der Waals surface area contributed by atoms with Gasteiger partial charge in [-0.3, -0.25) is 5.32 Å². The van der Waals surface area contributed by atoms with Gasteiger partial charge >= 0.3 is 16.2 Å². The van der Waals surface area contributed by atoms with Crippen LogP contribution in [-0.2, 0) is 10.2 Å². The number of urea groups is 1. The summed E-state index contributed by atoms with van der Waals surface area (Å²) in [5, 5.41) is 2.36. The van der Waals surface area contributed by atoms with Crippen LogP contribution in [0.1, 0.15) is 27.7 Å². The van der Waals surface area contributed by atoms with E-state index in [0.29, 0.717) is 0 Å². The third kappa shape index (κ3) is 4.46. The number of hydrogen-bond donors (Lipinski definition) is 2. The molecule has 0 aliphatic carbocycles. The van der Waals surface area contributed by atoms with Gasteiger partial charge in [0.25, 0.3) is 0 Å². The first-order chi connectivity index (χ1) is 9.24. The number of rotatable bonds is 5. The van der Waals surface area contributed by atoms with E-state index in [0.717, 1.165) is 0 Å². The highest BCUT2D eigenvalue weighted by atomic mass is 32.2. The molecule has 2 N–H and O–H groups in total. The maximum absolute atomic E-state index is 12.1. The monoisotopic (exact) mass is 300 g/mol. The lowest BCUT2D eigenvalue weighted by atomic mass is 10.3. The second-order valence-corrected chi connectivity index (χ2v) is 6.37. The molecule has 0 spiro atoms. The van der Waals surface area contributed by atoms with Gasteiger partial charge in [0.1, 0.15) is 5.82 Å². The summed E-state index contributed by atoms with van der Waals surface area (Å²) in [6.45, 7) is 6.98.